The van der Waals surface area contributed by atoms with Crippen molar-refractivity contribution in [3.8, 4) is 17.2 Å². The van der Waals surface area contributed by atoms with Gasteiger partial charge in [-0.15, -0.1) is 0 Å². The van der Waals surface area contributed by atoms with Gasteiger partial charge in [0.25, 0.3) is 0 Å². The minimum absolute atomic E-state index is 0.186. The number of halogens is 1. The van der Waals surface area contributed by atoms with Crippen molar-refractivity contribution < 1.29 is 28.2 Å². The number of imide groups is 1. The molecule has 2 saturated heterocycles. The van der Waals surface area contributed by atoms with Gasteiger partial charge in [0.05, 0.1) is 12.0 Å². The fourth-order valence-electron chi connectivity index (χ4n) is 5.79. The molecule has 3 atom stereocenters. The summed E-state index contributed by atoms with van der Waals surface area (Å²) in [6.07, 6.45) is 2.67. The molecular formula is C32H36FN3O5. The van der Waals surface area contributed by atoms with E-state index >= 15 is 0 Å². The lowest BCUT2D eigenvalue weighted by Crippen LogP contribution is -2.51. The Bertz CT molecular complexity index is 1360. The molecule has 2 fully saturated rings. The molecule has 3 heterocycles. The first kappa shape index (κ1) is 28.4. The number of nitrogens with two attached hydrogens (primary N) is 1. The second kappa shape index (κ2) is 12.6. The largest absolute Gasteiger partial charge is 0.493 e. The Balaban J connectivity index is 0.000000175. The summed E-state index contributed by atoms with van der Waals surface area (Å²) in [6, 6.07) is 19.8. The van der Waals surface area contributed by atoms with Gasteiger partial charge in [0.15, 0.2) is 11.5 Å². The molecule has 0 saturated carbocycles. The second-order valence-corrected chi connectivity index (χ2v) is 10.7. The highest BCUT2D eigenvalue weighted by Crippen LogP contribution is 2.37. The molecule has 0 radical (unpaired) electrons. The van der Waals surface area contributed by atoms with Gasteiger partial charge in [0.2, 0.25) is 18.6 Å². The maximum atomic E-state index is 13.2. The average Bonchev–Trinajstić information content (AvgIpc) is 3.46. The summed E-state index contributed by atoms with van der Waals surface area (Å²) < 4.78 is 29.9. The van der Waals surface area contributed by atoms with Crippen LogP contribution in [0.3, 0.4) is 0 Å². The molecule has 0 spiro atoms. The highest BCUT2D eigenvalue weighted by Gasteiger charge is 2.42. The van der Waals surface area contributed by atoms with Crippen molar-refractivity contribution >= 4 is 17.5 Å². The zero-order valence-electron chi connectivity index (χ0n) is 23.2. The van der Waals surface area contributed by atoms with Crippen LogP contribution in [0.4, 0.5) is 10.1 Å². The van der Waals surface area contributed by atoms with Crippen LogP contribution in [0.1, 0.15) is 49.7 Å². The Morgan fingerprint density at radius 2 is 1.78 bits per heavy atom. The predicted octanol–water partition coefficient (Wildman–Crippen LogP) is 4.68. The molecule has 216 valence electrons. The lowest BCUT2D eigenvalue weighted by Gasteiger charge is -2.34. The normalized spacial score (nSPS) is 23.3. The topological polar surface area (TPSA) is 112 Å². The predicted molar refractivity (Wildman–Crippen MR) is 153 cm³/mol. The van der Waals surface area contributed by atoms with Gasteiger partial charge in [-0.2, -0.15) is 0 Å². The fourth-order valence-corrected chi connectivity index (χ4v) is 5.79. The molecule has 6 rings (SSSR count). The van der Waals surface area contributed by atoms with Crippen LogP contribution in [0.5, 0.6) is 17.2 Å². The quantitative estimate of drug-likeness (QED) is 0.296. The highest BCUT2D eigenvalue weighted by atomic mass is 19.1. The molecule has 2 amide bonds. The molecule has 0 aliphatic carbocycles. The number of nitrogen functional groups attached to an aromatic ring is 1. The van der Waals surface area contributed by atoms with E-state index in [1.165, 1.54) is 17.7 Å². The van der Waals surface area contributed by atoms with Gasteiger partial charge in [-0.05, 0) is 79.3 Å². The van der Waals surface area contributed by atoms with Crippen LogP contribution in [0.25, 0.3) is 0 Å². The zero-order valence-corrected chi connectivity index (χ0v) is 23.2. The van der Waals surface area contributed by atoms with Crippen molar-refractivity contribution in [2.24, 2.45) is 5.92 Å². The van der Waals surface area contributed by atoms with Gasteiger partial charge in [-0.25, -0.2) is 4.39 Å². The smallest absolute Gasteiger partial charge is 0.237 e. The third kappa shape index (κ3) is 6.46. The Morgan fingerprint density at radius 3 is 2.51 bits per heavy atom. The van der Waals surface area contributed by atoms with E-state index in [0.717, 1.165) is 42.3 Å². The number of ether oxygens (including phenoxy) is 3. The molecule has 0 bridgehead atoms. The molecule has 9 heteroatoms. The van der Waals surface area contributed by atoms with Gasteiger partial charge >= 0.3 is 0 Å². The number of piperidine rings is 2. The summed E-state index contributed by atoms with van der Waals surface area (Å²) in [7, 11) is 0. The van der Waals surface area contributed by atoms with Crippen molar-refractivity contribution in [1.82, 2.24) is 10.6 Å². The minimum Gasteiger partial charge on any atom is -0.493 e. The van der Waals surface area contributed by atoms with E-state index in [1.54, 1.807) is 12.1 Å². The molecule has 8 nitrogen and oxygen atoms in total. The summed E-state index contributed by atoms with van der Waals surface area (Å²) in [5, 5.41) is 5.85. The Labute approximate surface area is 239 Å². The lowest BCUT2D eigenvalue weighted by atomic mass is 9.72. The molecule has 1 unspecified atom stereocenters. The first-order valence-corrected chi connectivity index (χ1v) is 14.1. The van der Waals surface area contributed by atoms with Crippen molar-refractivity contribution in [2.45, 2.75) is 43.9 Å². The molecule has 41 heavy (non-hydrogen) atoms. The molecule has 3 aromatic carbocycles. The first-order valence-electron chi connectivity index (χ1n) is 14.1. The Hall–Kier alpha value is -4.11. The number of hydrogen-bond donors (Lipinski definition) is 3. The van der Waals surface area contributed by atoms with Crippen LogP contribution in [0, 0.1) is 11.7 Å². The number of carbonyl (C=O) groups is 2. The molecule has 4 N–H and O–H groups in total. The van der Waals surface area contributed by atoms with E-state index in [1.807, 2.05) is 49.4 Å². The molecule has 0 aromatic heterocycles. The standard InChI is InChI=1S/C19H20FNO3.C13H16N2O2/c20-15-3-1-13(2-4-15)17-7-8-21-10-14(17)11-22-16-5-6-18-19(9-16)24-12-23-18;1-2-13(8-7-11(16)15-12(13)17)9-3-5-10(14)6-4-9/h1-6,9,14,17,21H,7-8,10-12H2;3-6H,2,7-8,14H2,1H3,(H,15,16,17)/t14-,17-;/m0./s1. The van der Waals surface area contributed by atoms with Crippen LogP contribution in [-0.4, -0.2) is 38.3 Å². The van der Waals surface area contributed by atoms with Gasteiger partial charge < -0.3 is 25.3 Å². The number of benzene rings is 3. The number of fused-ring (bicyclic) bond motifs is 1. The number of rotatable bonds is 6. The summed E-state index contributed by atoms with van der Waals surface area (Å²) in [6.45, 7) is 4.70. The summed E-state index contributed by atoms with van der Waals surface area (Å²) >= 11 is 0. The minimum atomic E-state index is -0.582. The molecule has 3 aliphatic heterocycles. The maximum absolute atomic E-state index is 13.2. The first-order chi connectivity index (χ1) is 19.9. The van der Waals surface area contributed by atoms with Crippen LogP contribution >= 0.6 is 0 Å². The van der Waals surface area contributed by atoms with Crippen molar-refractivity contribution in [1.29, 1.82) is 0 Å². The van der Waals surface area contributed by atoms with Gasteiger partial charge in [-0.3, -0.25) is 14.9 Å². The van der Waals surface area contributed by atoms with Crippen molar-refractivity contribution in [2.75, 3.05) is 32.2 Å². The van der Waals surface area contributed by atoms with Gasteiger partial charge in [0, 0.05) is 30.6 Å². The van der Waals surface area contributed by atoms with E-state index in [9.17, 15) is 14.0 Å². The van der Waals surface area contributed by atoms with E-state index in [2.05, 4.69) is 10.6 Å². The number of anilines is 1. The van der Waals surface area contributed by atoms with E-state index < -0.39 is 5.41 Å². The van der Waals surface area contributed by atoms with Crippen molar-refractivity contribution in [3.63, 3.8) is 0 Å². The number of carbonyl (C=O) groups excluding carboxylic acids is 2. The van der Waals surface area contributed by atoms with Gasteiger partial charge in [0.1, 0.15) is 11.6 Å². The third-order valence-corrected chi connectivity index (χ3v) is 8.25. The summed E-state index contributed by atoms with van der Waals surface area (Å²) in [5.41, 5.74) is 7.84. The zero-order chi connectivity index (χ0) is 28.8. The fraction of sp³-hybridized carbons (Fsp3) is 0.375. The van der Waals surface area contributed by atoms with Crippen LogP contribution in [0.2, 0.25) is 0 Å². The van der Waals surface area contributed by atoms with E-state index in [0.29, 0.717) is 43.4 Å². The summed E-state index contributed by atoms with van der Waals surface area (Å²) in [5.74, 6) is 2.41. The molecular weight excluding hydrogens is 525 g/mol. The van der Waals surface area contributed by atoms with Gasteiger partial charge in [-0.1, -0.05) is 31.2 Å². The molecule has 3 aromatic rings. The third-order valence-electron chi connectivity index (χ3n) is 8.25. The highest BCUT2D eigenvalue weighted by molar-refractivity contribution is 6.03. The van der Waals surface area contributed by atoms with E-state index in [4.69, 9.17) is 19.9 Å². The Kier molecular flexibility index (Phi) is 8.73. The summed E-state index contributed by atoms with van der Waals surface area (Å²) in [4.78, 5) is 23.3. The van der Waals surface area contributed by atoms with Crippen LogP contribution in [-0.2, 0) is 15.0 Å². The SMILES string of the molecule is CCC1(c2ccc(N)cc2)CCC(=O)NC1=O.Fc1ccc([C@@H]2CCNC[C@H]2COc2ccc3c(c2)OCO3)cc1. The average molecular weight is 562 g/mol. The number of hydrogen-bond acceptors (Lipinski definition) is 7. The number of nitrogens with one attached hydrogen (secondary N) is 2. The van der Waals surface area contributed by atoms with E-state index in [-0.39, 0.29) is 24.4 Å². The van der Waals surface area contributed by atoms with Crippen LogP contribution < -0.4 is 30.6 Å². The van der Waals surface area contributed by atoms with Crippen LogP contribution in [0.15, 0.2) is 66.7 Å². The number of amides is 2. The monoisotopic (exact) mass is 561 g/mol. The lowest BCUT2D eigenvalue weighted by molar-refractivity contribution is -0.138. The second-order valence-electron chi connectivity index (χ2n) is 10.7. The molecule has 3 aliphatic rings. The maximum Gasteiger partial charge on any atom is 0.237 e. The van der Waals surface area contributed by atoms with Crippen molar-refractivity contribution in [3.05, 3.63) is 83.7 Å². The Morgan fingerprint density at radius 1 is 1.02 bits per heavy atom.